The number of halogens is 1. The van der Waals surface area contributed by atoms with Crippen molar-refractivity contribution in [2.24, 2.45) is 4.99 Å². The predicted octanol–water partition coefficient (Wildman–Crippen LogP) is 5.96. The van der Waals surface area contributed by atoms with Crippen LogP contribution in [-0.4, -0.2) is 28.0 Å². The molecule has 0 aliphatic carbocycles. The largest absolute Gasteiger partial charge is 0.457 e. The number of carbonyl (C=O) groups is 2. The monoisotopic (exact) mass is 509 g/mol. The van der Waals surface area contributed by atoms with Crippen molar-refractivity contribution < 1.29 is 14.3 Å². The van der Waals surface area contributed by atoms with Crippen LogP contribution in [0.15, 0.2) is 82.0 Å². The summed E-state index contributed by atoms with van der Waals surface area (Å²) in [6.07, 6.45) is 1.04. The van der Waals surface area contributed by atoms with Gasteiger partial charge in [-0.3, -0.25) is 4.79 Å². The third-order valence-electron chi connectivity index (χ3n) is 5.98. The molecule has 2 atom stereocenters. The number of rotatable bonds is 8. The number of amides is 1. The van der Waals surface area contributed by atoms with E-state index in [0.29, 0.717) is 16.3 Å². The molecule has 2 heterocycles. The number of benzene rings is 2. The molecule has 4 rings (SSSR count). The van der Waals surface area contributed by atoms with Gasteiger partial charge in [-0.15, -0.1) is 0 Å². The van der Waals surface area contributed by atoms with E-state index in [-0.39, 0.29) is 25.0 Å². The molecule has 0 radical (unpaired) electrons. The van der Waals surface area contributed by atoms with E-state index in [2.05, 4.69) is 5.32 Å². The average molecular weight is 510 g/mol. The maximum atomic E-state index is 13.4. The van der Waals surface area contributed by atoms with Crippen molar-refractivity contribution in [2.45, 2.75) is 52.3 Å². The molecule has 182 valence electrons. The van der Waals surface area contributed by atoms with Crippen LogP contribution in [0.1, 0.15) is 50.8 Å². The standard InChI is InChI=1S/C27H28ClN3O3S/c1-4-17(2)29-23(32)14-22-16-35-27-30-18(3)24(26(33)34-15-19-8-6-5-7-9-19)25(31(22)27)20-10-12-21(28)13-11-20/h5-13,16-17,25H,4,14-15H2,1-3H3,(H,29,32)/t17-,25+/m1/s1. The first-order valence-electron chi connectivity index (χ1n) is 11.6. The quantitative estimate of drug-likeness (QED) is 0.444. The van der Waals surface area contributed by atoms with Crippen LogP contribution in [0.3, 0.4) is 0 Å². The van der Waals surface area contributed by atoms with Gasteiger partial charge in [-0.05, 0) is 48.9 Å². The minimum absolute atomic E-state index is 0.0678. The van der Waals surface area contributed by atoms with Crippen molar-refractivity contribution in [1.82, 2.24) is 10.2 Å². The van der Waals surface area contributed by atoms with Gasteiger partial charge in [-0.25, -0.2) is 9.79 Å². The fourth-order valence-electron chi connectivity index (χ4n) is 3.98. The van der Waals surface area contributed by atoms with Crippen LogP contribution in [0.4, 0.5) is 0 Å². The number of fused-ring (bicyclic) bond motifs is 1. The molecule has 0 aromatic heterocycles. The topological polar surface area (TPSA) is 71.0 Å². The molecular formula is C27H28ClN3O3S. The Labute approximate surface area is 215 Å². The summed E-state index contributed by atoms with van der Waals surface area (Å²) in [6, 6.07) is 16.6. The number of ether oxygens (including phenoxy) is 1. The van der Waals surface area contributed by atoms with Crippen molar-refractivity contribution >= 4 is 40.4 Å². The highest BCUT2D eigenvalue weighted by atomic mass is 35.5. The van der Waals surface area contributed by atoms with E-state index >= 15 is 0 Å². The van der Waals surface area contributed by atoms with E-state index in [1.165, 1.54) is 11.8 Å². The first-order valence-corrected chi connectivity index (χ1v) is 12.8. The first-order chi connectivity index (χ1) is 16.9. The fraction of sp³-hybridized carbons (Fsp3) is 0.296. The van der Waals surface area contributed by atoms with Crippen LogP contribution >= 0.6 is 23.4 Å². The summed E-state index contributed by atoms with van der Waals surface area (Å²) in [5, 5.41) is 6.29. The lowest BCUT2D eigenvalue weighted by Crippen LogP contribution is -2.39. The normalized spacial score (nSPS) is 17.9. The lowest BCUT2D eigenvalue weighted by molar-refractivity contribution is -0.141. The van der Waals surface area contributed by atoms with Crippen LogP contribution in [0.5, 0.6) is 0 Å². The van der Waals surface area contributed by atoms with Gasteiger partial charge in [0.05, 0.1) is 23.7 Å². The second kappa shape index (κ2) is 11.1. The van der Waals surface area contributed by atoms with Gasteiger partial charge >= 0.3 is 5.97 Å². The summed E-state index contributed by atoms with van der Waals surface area (Å²) in [6.45, 7) is 5.99. The maximum Gasteiger partial charge on any atom is 0.338 e. The predicted molar refractivity (Wildman–Crippen MR) is 141 cm³/mol. The van der Waals surface area contributed by atoms with Gasteiger partial charge in [-0.1, -0.05) is 72.8 Å². The zero-order valence-electron chi connectivity index (χ0n) is 20.0. The zero-order chi connectivity index (χ0) is 24.9. The summed E-state index contributed by atoms with van der Waals surface area (Å²) in [5.41, 5.74) is 3.60. The third kappa shape index (κ3) is 5.80. The number of thioether (sulfide) groups is 1. The van der Waals surface area contributed by atoms with Gasteiger partial charge in [0.2, 0.25) is 5.91 Å². The number of nitrogens with one attached hydrogen (secondary N) is 1. The molecule has 1 N–H and O–H groups in total. The average Bonchev–Trinajstić information content (AvgIpc) is 3.24. The number of allylic oxidation sites excluding steroid dienone is 1. The van der Waals surface area contributed by atoms with E-state index in [4.69, 9.17) is 21.3 Å². The molecule has 2 aliphatic heterocycles. The molecule has 0 bridgehead atoms. The van der Waals surface area contributed by atoms with Gasteiger partial charge in [-0.2, -0.15) is 0 Å². The molecule has 6 nitrogen and oxygen atoms in total. The highest BCUT2D eigenvalue weighted by molar-refractivity contribution is 8.16. The number of hydrogen-bond acceptors (Lipinski definition) is 6. The maximum absolute atomic E-state index is 13.4. The lowest BCUT2D eigenvalue weighted by atomic mass is 9.94. The summed E-state index contributed by atoms with van der Waals surface area (Å²) >= 11 is 7.61. The second-order valence-electron chi connectivity index (χ2n) is 8.56. The number of nitrogens with zero attached hydrogens (tertiary/aromatic N) is 2. The van der Waals surface area contributed by atoms with E-state index in [1.807, 2.05) is 73.5 Å². The van der Waals surface area contributed by atoms with Crippen molar-refractivity contribution in [3.8, 4) is 0 Å². The summed E-state index contributed by atoms with van der Waals surface area (Å²) in [7, 11) is 0. The molecule has 0 spiro atoms. The van der Waals surface area contributed by atoms with Crippen LogP contribution in [0.2, 0.25) is 5.02 Å². The molecule has 2 aliphatic rings. The van der Waals surface area contributed by atoms with E-state index in [9.17, 15) is 9.59 Å². The molecule has 0 fully saturated rings. The number of esters is 1. The second-order valence-corrected chi connectivity index (χ2v) is 9.83. The van der Waals surface area contributed by atoms with Crippen molar-refractivity contribution in [3.63, 3.8) is 0 Å². The molecule has 8 heteroatoms. The van der Waals surface area contributed by atoms with Crippen LogP contribution in [0, 0.1) is 0 Å². The van der Waals surface area contributed by atoms with Crippen LogP contribution in [-0.2, 0) is 20.9 Å². The number of aliphatic imine (C=N–C) groups is 1. The Morgan fingerprint density at radius 3 is 2.57 bits per heavy atom. The SMILES string of the molecule is CC[C@@H](C)NC(=O)CC1=CSC2=NC(C)=C(C(=O)OCc3ccccc3)[C@H](c3ccc(Cl)cc3)N12. The molecule has 2 aromatic carbocycles. The molecule has 1 amide bonds. The Hall–Kier alpha value is -3.03. The highest BCUT2D eigenvalue weighted by Gasteiger charge is 2.41. The molecule has 0 saturated carbocycles. The van der Waals surface area contributed by atoms with Crippen LogP contribution in [0.25, 0.3) is 0 Å². The van der Waals surface area contributed by atoms with E-state index in [0.717, 1.165) is 28.4 Å². The third-order valence-corrected chi connectivity index (χ3v) is 7.12. The molecule has 0 unspecified atom stereocenters. The van der Waals surface area contributed by atoms with Crippen molar-refractivity contribution in [2.75, 3.05) is 0 Å². The lowest BCUT2D eigenvalue weighted by Gasteiger charge is -2.36. The fourth-order valence-corrected chi connectivity index (χ4v) is 5.07. The Bertz CT molecular complexity index is 1190. The summed E-state index contributed by atoms with van der Waals surface area (Å²) < 4.78 is 5.72. The molecule has 2 aromatic rings. The van der Waals surface area contributed by atoms with Gasteiger partial charge in [0.1, 0.15) is 6.61 Å². The molecule has 35 heavy (non-hydrogen) atoms. The van der Waals surface area contributed by atoms with Gasteiger partial charge in [0.15, 0.2) is 5.17 Å². The molecule has 0 saturated heterocycles. The van der Waals surface area contributed by atoms with Gasteiger partial charge < -0.3 is 15.0 Å². The smallest absolute Gasteiger partial charge is 0.338 e. The zero-order valence-corrected chi connectivity index (χ0v) is 21.5. The number of carbonyl (C=O) groups excluding carboxylic acids is 2. The molecular weight excluding hydrogens is 482 g/mol. The Kier molecular flexibility index (Phi) is 7.98. The minimum atomic E-state index is -0.485. The van der Waals surface area contributed by atoms with Gasteiger partial charge in [0, 0.05) is 16.8 Å². The number of amidine groups is 1. The van der Waals surface area contributed by atoms with Crippen molar-refractivity contribution in [3.05, 3.63) is 93.1 Å². The van der Waals surface area contributed by atoms with Crippen LogP contribution < -0.4 is 5.32 Å². The van der Waals surface area contributed by atoms with E-state index in [1.54, 1.807) is 12.1 Å². The number of hydrogen-bond donors (Lipinski definition) is 1. The summed E-state index contributed by atoms with van der Waals surface area (Å²) in [4.78, 5) is 32.8. The minimum Gasteiger partial charge on any atom is -0.457 e. The Balaban J connectivity index is 1.65. The van der Waals surface area contributed by atoms with Gasteiger partial charge in [0.25, 0.3) is 0 Å². The first kappa shape index (κ1) is 25.1. The van der Waals surface area contributed by atoms with E-state index < -0.39 is 12.0 Å². The Morgan fingerprint density at radius 1 is 1.17 bits per heavy atom. The summed E-state index contributed by atoms with van der Waals surface area (Å²) in [5.74, 6) is -0.504. The van der Waals surface area contributed by atoms with Crippen molar-refractivity contribution in [1.29, 1.82) is 0 Å². The Morgan fingerprint density at radius 2 is 1.89 bits per heavy atom. The highest BCUT2D eigenvalue weighted by Crippen LogP contribution is 2.45.